The van der Waals surface area contributed by atoms with Crippen LogP contribution in [0.3, 0.4) is 0 Å². The third-order valence-electron chi connectivity index (χ3n) is 5.78. The molecule has 1 N–H and O–H groups in total. The molecular formula is C22H26N2O4. The lowest BCUT2D eigenvalue weighted by Crippen LogP contribution is -2.46. The van der Waals surface area contributed by atoms with Gasteiger partial charge < -0.3 is 19.4 Å². The zero-order valence-electron chi connectivity index (χ0n) is 16.6. The standard InChI is InChI=1S/C22H26N2O4/c1-14-9-19(25)23-15(2)20(14)21(26)24-8-4-7-22(3,12-24)11-16-5-6-17-18(10-16)28-13-27-17/h5-6,9-10H,4,7-8,11-13H2,1-3H3,(H,23,25). The molecule has 1 aromatic carbocycles. The Balaban J connectivity index is 1.54. The number of likely N-dealkylation sites (tertiary alicyclic amines) is 1. The van der Waals surface area contributed by atoms with Gasteiger partial charge in [-0.1, -0.05) is 13.0 Å². The summed E-state index contributed by atoms with van der Waals surface area (Å²) in [4.78, 5) is 29.6. The van der Waals surface area contributed by atoms with Crippen LogP contribution >= 0.6 is 0 Å². The number of benzene rings is 1. The molecule has 0 spiro atoms. The molecular weight excluding hydrogens is 356 g/mol. The van der Waals surface area contributed by atoms with Crippen LogP contribution in [0.2, 0.25) is 0 Å². The topological polar surface area (TPSA) is 71.6 Å². The molecule has 4 rings (SSSR count). The van der Waals surface area contributed by atoms with Crippen LogP contribution in [0.1, 0.15) is 46.9 Å². The van der Waals surface area contributed by atoms with E-state index in [2.05, 4.69) is 18.0 Å². The van der Waals surface area contributed by atoms with E-state index >= 15 is 0 Å². The van der Waals surface area contributed by atoms with Gasteiger partial charge in [0.2, 0.25) is 12.4 Å². The van der Waals surface area contributed by atoms with Crippen molar-refractivity contribution in [1.29, 1.82) is 0 Å². The van der Waals surface area contributed by atoms with Crippen molar-refractivity contribution in [3.05, 3.63) is 57.0 Å². The Bertz CT molecular complexity index is 955. The van der Waals surface area contributed by atoms with Crippen LogP contribution in [-0.2, 0) is 6.42 Å². The Morgan fingerprint density at radius 3 is 2.79 bits per heavy atom. The number of fused-ring (bicyclic) bond motifs is 1. The number of pyridine rings is 1. The zero-order chi connectivity index (χ0) is 19.9. The molecule has 1 unspecified atom stereocenters. The fraction of sp³-hybridized carbons (Fsp3) is 0.455. The van der Waals surface area contributed by atoms with E-state index in [1.807, 2.05) is 24.0 Å². The number of hydrogen-bond acceptors (Lipinski definition) is 4. The predicted octanol–water partition coefficient (Wildman–Crippen LogP) is 3.21. The summed E-state index contributed by atoms with van der Waals surface area (Å²) in [5.74, 6) is 1.59. The molecule has 1 aromatic heterocycles. The Kier molecular flexibility index (Phi) is 4.65. The molecule has 0 saturated carbocycles. The van der Waals surface area contributed by atoms with E-state index in [9.17, 15) is 9.59 Å². The lowest BCUT2D eigenvalue weighted by molar-refractivity contribution is 0.0548. The van der Waals surface area contributed by atoms with Gasteiger partial charge in [0.1, 0.15) is 0 Å². The summed E-state index contributed by atoms with van der Waals surface area (Å²) in [6.45, 7) is 7.56. The van der Waals surface area contributed by atoms with Crippen molar-refractivity contribution in [2.24, 2.45) is 5.41 Å². The average molecular weight is 382 g/mol. The van der Waals surface area contributed by atoms with Crippen LogP contribution in [0.5, 0.6) is 11.5 Å². The molecule has 3 heterocycles. The van der Waals surface area contributed by atoms with Gasteiger partial charge >= 0.3 is 0 Å². The van der Waals surface area contributed by atoms with Crippen LogP contribution in [0.15, 0.2) is 29.1 Å². The minimum Gasteiger partial charge on any atom is -0.454 e. The number of ether oxygens (including phenoxy) is 2. The molecule has 1 saturated heterocycles. The summed E-state index contributed by atoms with van der Waals surface area (Å²) in [5, 5.41) is 0. The summed E-state index contributed by atoms with van der Waals surface area (Å²) in [5.41, 5.74) is 3.00. The quantitative estimate of drug-likeness (QED) is 0.885. The second-order valence-corrected chi connectivity index (χ2v) is 8.32. The lowest BCUT2D eigenvalue weighted by atomic mass is 9.76. The highest BCUT2D eigenvalue weighted by Crippen LogP contribution is 2.38. The second kappa shape index (κ2) is 7.00. The average Bonchev–Trinajstić information content (AvgIpc) is 3.08. The highest BCUT2D eigenvalue weighted by molar-refractivity contribution is 5.96. The van der Waals surface area contributed by atoms with Gasteiger partial charge in [0, 0.05) is 24.8 Å². The van der Waals surface area contributed by atoms with Crippen LogP contribution < -0.4 is 15.0 Å². The molecule has 1 amide bonds. The molecule has 0 bridgehead atoms. The maximum Gasteiger partial charge on any atom is 0.255 e. The molecule has 2 aliphatic rings. The Labute approximate surface area is 164 Å². The number of aryl methyl sites for hydroxylation is 2. The number of carbonyl (C=O) groups is 1. The van der Waals surface area contributed by atoms with Gasteiger partial charge in [-0.25, -0.2) is 0 Å². The van der Waals surface area contributed by atoms with E-state index < -0.39 is 0 Å². The number of H-pyrrole nitrogens is 1. The summed E-state index contributed by atoms with van der Waals surface area (Å²) in [6.07, 6.45) is 2.90. The lowest BCUT2D eigenvalue weighted by Gasteiger charge is -2.41. The second-order valence-electron chi connectivity index (χ2n) is 8.32. The number of rotatable bonds is 3. The zero-order valence-corrected chi connectivity index (χ0v) is 16.6. The maximum absolute atomic E-state index is 13.2. The molecule has 0 radical (unpaired) electrons. The van der Waals surface area contributed by atoms with E-state index in [0.717, 1.165) is 42.9 Å². The third-order valence-corrected chi connectivity index (χ3v) is 5.78. The first-order chi connectivity index (χ1) is 13.3. The highest BCUT2D eigenvalue weighted by Gasteiger charge is 2.34. The molecule has 148 valence electrons. The third kappa shape index (κ3) is 3.51. The highest BCUT2D eigenvalue weighted by atomic mass is 16.7. The van der Waals surface area contributed by atoms with Gasteiger partial charge in [0.15, 0.2) is 11.5 Å². The van der Waals surface area contributed by atoms with Gasteiger partial charge in [-0.3, -0.25) is 9.59 Å². The van der Waals surface area contributed by atoms with E-state index in [1.165, 1.54) is 11.6 Å². The summed E-state index contributed by atoms with van der Waals surface area (Å²) in [6, 6.07) is 7.58. The van der Waals surface area contributed by atoms with Crippen molar-refractivity contribution in [2.45, 2.75) is 40.0 Å². The van der Waals surface area contributed by atoms with Crippen molar-refractivity contribution in [3.8, 4) is 11.5 Å². The SMILES string of the molecule is Cc1cc(=O)[nH]c(C)c1C(=O)N1CCCC(C)(Cc2ccc3c(c2)OCO3)C1. The van der Waals surface area contributed by atoms with E-state index in [4.69, 9.17) is 9.47 Å². The van der Waals surface area contributed by atoms with Crippen molar-refractivity contribution < 1.29 is 14.3 Å². The van der Waals surface area contributed by atoms with E-state index in [1.54, 1.807) is 6.92 Å². The first kappa shape index (κ1) is 18.6. The summed E-state index contributed by atoms with van der Waals surface area (Å²) >= 11 is 0. The minimum atomic E-state index is -0.169. The summed E-state index contributed by atoms with van der Waals surface area (Å²) < 4.78 is 10.9. The molecule has 2 aromatic rings. The summed E-state index contributed by atoms with van der Waals surface area (Å²) in [7, 11) is 0. The fourth-order valence-corrected chi connectivity index (χ4v) is 4.51. The van der Waals surface area contributed by atoms with Crippen molar-refractivity contribution in [1.82, 2.24) is 9.88 Å². The smallest absolute Gasteiger partial charge is 0.255 e. The number of aromatic amines is 1. The van der Waals surface area contributed by atoms with Crippen LogP contribution in [0, 0.1) is 19.3 Å². The Morgan fingerprint density at radius 1 is 1.21 bits per heavy atom. The predicted molar refractivity (Wildman–Crippen MR) is 106 cm³/mol. The largest absolute Gasteiger partial charge is 0.454 e. The van der Waals surface area contributed by atoms with E-state index in [0.29, 0.717) is 17.8 Å². The molecule has 2 aliphatic heterocycles. The molecule has 1 atom stereocenters. The number of carbonyl (C=O) groups excluding carboxylic acids is 1. The first-order valence-corrected chi connectivity index (χ1v) is 9.73. The monoisotopic (exact) mass is 382 g/mol. The number of nitrogens with one attached hydrogen (secondary N) is 1. The maximum atomic E-state index is 13.2. The Morgan fingerprint density at radius 2 is 2.00 bits per heavy atom. The van der Waals surface area contributed by atoms with Gasteiger partial charge in [-0.15, -0.1) is 0 Å². The van der Waals surface area contributed by atoms with Gasteiger partial charge in [-0.2, -0.15) is 0 Å². The fourth-order valence-electron chi connectivity index (χ4n) is 4.51. The molecule has 28 heavy (non-hydrogen) atoms. The molecule has 1 fully saturated rings. The molecule has 0 aliphatic carbocycles. The van der Waals surface area contributed by atoms with E-state index in [-0.39, 0.29) is 23.7 Å². The number of amides is 1. The van der Waals surface area contributed by atoms with Gasteiger partial charge in [-0.05, 0) is 61.8 Å². The number of hydrogen-bond donors (Lipinski definition) is 1. The van der Waals surface area contributed by atoms with Crippen molar-refractivity contribution >= 4 is 5.91 Å². The number of aromatic nitrogens is 1. The van der Waals surface area contributed by atoms with Crippen molar-refractivity contribution in [3.63, 3.8) is 0 Å². The van der Waals surface area contributed by atoms with Crippen LogP contribution in [0.4, 0.5) is 0 Å². The minimum absolute atomic E-state index is 0.00265. The van der Waals surface area contributed by atoms with Gasteiger partial charge in [0.05, 0.1) is 5.56 Å². The van der Waals surface area contributed by atoms with Gasteiger partial charge in [0.25, 0.3) is 5.91 Å². The van der Waals surface area contributed by atoms with Crippen LogP contribution in [0.25, 0.3) is 0 Å². The normalized spacial score (nSPS) is 21.0. The number of nitrogens with zero attached hydrogens (tertiary/aromatic N) is 1. The Hall–Kier alpha value is -2.76. The molecule has 6 nitrogen and oxygen atoms in total. The first-order valence-electron chi connectivity index (χ1n) is 9.73. The number of piperidine rings is 1. The van der Waals surface area contributed by atoms with Crippen molar-refractivity contribution in [2.75, 3.05) is 19.9 Å². The molecule has 6 heteroatoms. The van der Waals surface area contributed by atoms with Crippen LogP contribution in [-0.4, -0.2) is 35.7 Å².